The Morgan fingerprint density at radius 3 is 2.26 bits per heavy atom. The number of carbonyl (C=O) groups excluding carboxylic acids is 1. The molecule has 1 heterocycles. The van der Waals surface area contributed by atoms with Gasteiger partial charge >= 0.3 is 12.4 Å². The van der Waals surface area contributed by atoms with Crippen LogP contribution >= 0.6 is 0 Å². The quantitative estimate of drug-likeness (QED) is 0.458. The van der Waals surface area contributed by atoms with Gasteiger partial charge in [0.15, 0.2) is 0 Å². The Kier molecular flexibility index (Phi) is 7.80. The molecule has 4 atom stereocenters. The van der Waals surface area contributed by atoms with E-state index in [0.29, 0.717) is 36.1 Å². The number of halogens is 6. The monoisotopic (exact) mass is 487 g/mol. The first-order chi connectivity index (χ1) is 15.8. The van der Waals surface area contributed by atoms with Gasteiger partial charge in [-0.2, -0.15) is 26.3 Å². The maximum atomic E-state index is 12.9. The van der Waals surface area contributed by atoms with Crippen molar-refractivity contribution in [2.45, 2.75) is 63.1 Å². The van der Waals surface area contributed by atoms with Crippen molar-refractivity contribution < 1.29 is 31.1 Å². The van der Waals surface area contributed by atoms with Gasteiger partial charge in [-0.15, -0.1) is 0 Å². The average Bonchev–Trinajstić information content (AvgIpc) is 2.75. The molecule has 4 unspecified atom stereocenters. The van der Waals surface area contributed by atoms with Crippen LogP contribution in [-0.2, 0) is 11.0 Å². The number of benzene rings is 1. The molecule has 0 saturated carbocycles. The van der Waals surface area contributed by atoms with E-state index in [1.165, 1.54) is 30.4 Å². The Balaban J connectivity index is 1.74. The third-order valence-electron chi connectivity index (χ3n) is 5.95. The Bertz CT molecular complexity index is 960. The summed E-state index contributed by atoms with van der Waals surface area (Å²) in [5, 5.41) is 5.92. The van der Waals surface area contributed by atoms with Crippen molar-refractivity contribution in [1.82, 2.24) is 10.6 Å². The second-order valence-electron chi connectivity index (χ2n) is 8.77. The van der Waals surface area contributed by atoms with E-state index >= 15 is 0 Å². The fourth-order valence-corrected chi connectivity index (χ4v) is 4.07. The molecular weight excluding hydrogens is 460 g/mol. The summed E-state index contributed by atoms with van der Waals surface area (Å²) in [6.07, 6.45) is -2.81. The number of carbonyl (C=O) groups is 1. The Labute approximate surface area is 194 Å². The first-order valence-electron chi connectivity index (χ1n) is 11.0. The van der Waals surface area contributed by atoms with Crippen LogP contribution in [0.3, 0.4) is 0 Å². The fourth-order valence-electron chi connectivity index (χ4n) is 4.07. The number of hydrogen-bond donors (Lipinski definition) is 3. The summed E-state index contributed by atoms with van der Waals surface area (Å²) in [4.78, 5) is 12.3. The average molecular weight is 487 g/mol. The Morgan fingerprint density at radius 1 is 1.06 bits per heavy atom. The van der Waals surface area contributed by atoms with Crippen LogP contribution in [0.2, 0.25) is 0 Å². The number of amides is 1. The zero-order chi connectivity index (χ0) is 25.1. The van der Waals surface area contributed by atoms with E-state index in [0.717, 1.165) is 18.2 Å². The van der Waals surface area contributed by atoms with Gasteiger partial charge in [0, 0.05) is 17.8 Å². The largest absolute Gasteiger partial charge is 0.416 e. The minimum atomic E-state index is -4.44. The third kappa shape index (κ3) is 6.88. The minimum Gasteiger partial charge on any atom is -0.365 e. The summed E-state index contributed by atoms with van der Waals surface area (Å²) in [6.45, 7) is 1.83. The number of alkyl halides is 6. The van der Waals surface area contributed by atoms with Crippen LogP contribution in [0.1, 0.15) is 49.7 Å². The number of allylic oxidation sites excluding steroid dienone is 3. The summed E-state index contributed by atoms with van der Waals surface area (Å²) in [5.41, 5.74) is 6.71. The molecule has 0 bridgehead atoms. The van der Waals surface area contributed by atoms with E-state index in [1.54, 1.807) is 0 Å². The molecule has 1 aromatic carbocycles. The molecule has 0 fully saturated rings. The molecule has 0 saturated heterocycles. The van der Waals surface area contributed by atoms with Crippen LogP contribution in [0.5, 0.6) is 0 Å². The van der Waals surface area contributed by atoms with Gasteiger partial charge in [-0.1, -0.05) is 30.4 Å². The molecular formula is C24H27F6N3O. The molecule has 0 spiro atoms. The molecule has 1 aliphatic carbocycles. The van der Waals surface area contributed by atoms with Crippen molar-refractivity contribution in [3.8, 4) is 0 Å². The van der Waals surface area contributed by atoms with E-state index in [9.17, 15) is 31.1 Å². The minimum absolute atomic E-state index is 0.111. The Hall–Kier alpha value is -2.75. The lowest BCUT2D eigenvalue weighted by molar-refractivity contribution is -0.160. The molecule has 34 heavy (non-hydrogen) atoms. The van der Waals surface area contributed by atoms with Crippen molar-refractivity contribution in [3.05, 3.63) is 71.0 Å². The SMILES string of the molecule is CC(N)CCC(CC1NC(=O)C=C(C2=CCC(C(F)(F)F)C=C2)N1)c1ccc(C(F)(F)F)cc1. The van der Waals surface area contributed by atoms with E-state index in [4.69, 9.17) is 5.73 Å². The van der Waals surface area contributed by atoms with Crippen molar-refractivity contribution in [1.29, 1.82) is 0 Å². The molecule has 2 aliphatic rings. The third-order valence-corrected chi connectivity index (χ3v) is 5.95. The molecule has 0 radical (unpaired) electrons. The molecule has 1 amide bonds. The summed E-state index contributed by atoms with van der Waals surface area (Å²) < 4.78 is 77.6. The molecule has 10 heteroatoms. The highest BCUT2D eigenvalue weighted by Crippen LogP contribution is 2.35. The standard InChI is InChI=1S/C24H27F6N3O/c1-14(31)2-3-17(15-4-8-18(9-5-15)23(25,26)27)12-21-32-20(13-22(34)33-21)16-6-10-19(11-7-16)24(28,29)30/h4-10,13-14,17,19,21,32H,2-3,11-12,31H2,1H3,(H,33,34). The van der Waals surface area contributed by atoms with E-state index in [1.807, 2.05) is 6.92 Å². The second-order valence-corrected chi connectivity index (χ2v) is 8.77. The zero-order valence-electron chi connectivity index (χ0n) is 18.5. The first kappa shape index (κ1) is 25.9. The number of nitrogens with two attached hydrogens (primary N) is 1. The zero-order valence-corrected chi connectivity index (χ0v) is 18.5. The smallest absolute Gasteiger partial charge is 0.365 e. The fraction of sp³-hybridized carbons (Fsp3) is 0.458. The predicted octanol–water partition coefficient (Wildman–Crippen LogP) is 5.30. The van der Waals surface area contributed by atoms with E-state index in [-0.39, 0.29) is 18.4 Å². The van der Waals surface area contributed by atoms with Gasteiger partial charge in [-0.25, -0.2) is 0 Å². The Morgan fingerprint density at radius 2 is 1.74 bits per heavy atom. The van der Waals surface area contributed by atoms with E-state index in [2.05, 4.69) is 10.6 Å². The van der Waals surface area contributed by atoms with Gasteiger partial charge in [0.05, 0.1) is 17.6 Å². The molecule has 186 valence electrons. The van der Waals surface area contributed by atoms with Crippen LogP contribution in [0.4, 0.5) is 26.3 Å². The summed E-state index contributed by atoms with van der Waals surface area (Å²) in [5.74, 6) is -2.16. The van der Waals surface area contributed by atoms with Gasteiger partial charge in [-0.05, 0) is 61.8 Å². The summed E-state index contributed by atoms with van der Waals surface area (Å²) >= 11 is 0. The van der Waals surface area contributed by atoms with Gasteiger partial charge in [-0.3, -0.25) is 4.79 Å². The summed E-state index contributed by atoms with van der Waals surface area (Å²) in [6, 6.07) is 4.81. The highest BCUT2D eigenvalue weighted by atomic mass is 19.4. The van der Waals surface area contributed by atoms with Gasteiger partial charge in [0.2, 0.25) is 5.91 Å². The van der Waals surface area contributed by atoms with Gasteiger partial charge in [0.1, 0.15) is 0 Å². The number of nitrogens with one attached hydrogen (secondary N) is 2. The molecule has 4 N–H and O–H groups in total. The molecule has 0 aromatic heterocycles. The van der Waals surface area contributed by atoms with Crippen LogP contribution < -0.4 is 16.4 Å². The summed E-state index contributed by atoms with van der Waals surface area (Å²) in [7, 11) is 0. The lowest BCUT2D eigenvalue weighted by Gasteiger charge is -2.31. The highest BCUT2D eigenvalue weighted by molar-refractivity contribution is 5.90. The molecule has 1 aromatic rings. The van der Waals surface area contributed by atoms with Gasteiger partial charge < -0.3 is 16.4 Å². The lowest BCUT2D eigenvalue weighted by Crippen LogP contribution is -2.49. The second kappa shape index (κ2) is 10.2. The van der Waals surface area contributed by atoms with Crippen molar-refractivity contribution in [3.63, 3.8) is 0 Å². The highest BCUT2D eigenvalue weighted by Gasteiger charge is 2.38. The lowest BCUT2D eigenvalue weighted by atomic mass is 9.87. The molecule has 3 rings (SSSR count). The molecule has 1 aliphatic heterocycles. The topological polar surface area (TPSA) is 67.1 Å². The van der Waals surface area contributed by atoms with Crippen molar-refractivity contribution in [2.75, 3.05) is 0 Å². The number of rotatable bonds is 7. The number of hydrogen-bond acceptors (Lipinski definition) is 3. The van der Waals surface area contributed by atoms with Crippen molar-refractivity contribution in [2.24, 2.45) is 11.7 Å². The van der Waals surface area contributed by atoms with Crippen molar-refractivity contribution >= 4 is 5.91 Å². The van der Waals surface area contributed by atoms with E-state index < -0.39 is 35.9 Å². The van der Waals surface area contributed by atoms with Crippen LogP contribution in [0, 0.1) is 5.92 Å². The van der Waals surface area contributed by atoms with Gasteiger partial charge in [0.25, 0.3) is 0 Å². The normalized spacial score (nSPS) is 22.9. The maximum Gasteiger partial charge on any atom is 0.416 e. The van der Waals surface area contributed by atoms with Crippen LogP contribution in [0.15, 0.2) is 59.8 Å². The van der Waals surface area contributed by atoms with Crippen LogP contribution in [0.25, 0.3) is 0 Å². The predicted molar refractivity (Wildman–Crippen MR) is 116 cm³/mol. The maximum absolute atomic E-state index is 12.9. The van der Waals surface area contributed by atoms with Crippen LogP contribution in [-0.4, -0.2) is 24.3 Å². The first-order valence-corrected chi connectivity index (χ1v) is 11.0. The molecule has 4 nitrogen and oxygen atoms in total.